The van der Waals surface area contributed by atoms with Crippen molar-refractivity contribution >= 4 is 119 Å². The minimum Gasteiger partial charge on any atom is -0.278 e. The highest BCUT2D eigenvalue weighted by atomic mass is 15.2. The smallest absolute Gasteiger partial charge is 0.235 e. The molecule has 0 fully saturated rings. The van der Waals surface area contributed by atoms with Gasteiger partial charge in [-0.25, -0.2) is 19.9 Å². The fourth-order valence-corrected chi connectivity index (χ4v) is 12.2. The van der Waals surface area contributed by atoms with E-state index in [1.165, 1.54) is 0 Å². The summed E-state index contributed by atoms with van der Waals surface area (Å²) in [6.45, 7) is 0. The van der Waals surface area contributed by atoms with Gasteiger partial charge in [-0.3, -0.25) is 9.13 Å². The van der Waals surface area contributed by atoms with Crippen molar-refractivity contribution in [2.45, 2.75) is 0 Å². The molecule has 0 bridgehead atoms. The first-order chi connectivity index (χ1) is 38.7. The Balaban J connectivity index is 1.20. The Hall–Kier alpha value is -10.6. The maximum Gasteiger partial charge on any atom is 0.235 e. The van der Waals surface area contributed by atoms with Crippen molar-refractivity contribution in [2.75, 3.05) is 0 Å². The lowest BCUT2D eigenvalue weighted by molar-refractivity contribution is 1.01. The average Bonchev–Trinajstić information content (AvgIpc) is 3.82. The van der Waals surface area contributed by atoms with Gasteiger partial charge in [0, 0.05) is 43.4 Å². The van der Waals surface area contributed by atoms with Gasteiger partial charge in [0.1, 0.15) is 0 Å². The molecule has 16 aromatic rings. The lowest BCUT2D eigenvalue weighted by atomic mass is 9.93. The molecule has 0 radical (unpaired) electrons. The van der Waals surface area contributed by atoms with E-state index in [-0.39, 0.29) is 0 Å². The highest BCUT2D eigenvalue weighted by Gasteiger charge is 2.21. The molecule has 0 spiro atoms. The monoisotopic (exact) mass is 992 g/mol. The molecule has 0 saturated heterocycles. The number of aromatic nitrogens is 6. The Morgan fingerprint density at radius 1 is 0.218 bits per heavy atom. The van der Waals surface area contributed by atoms with Crippen molar-refractivity contribution in [3.8, 4) is 34.4 Å². The number of fused-ring (bicyclic) bond motifs is 12. The fraction of sp³-hybridized carbons (Fsp3) is 0. The Morgan fingerprint density at radius 2 is 0.538 bits per heavy atom. The van der Waals surface area contributed by atoms with Crippen LogP contribution in [0.15, 0.2) is 267 Å². The molecule has 0 aliphatic carbocycles. The van der Waals surface area contributed by atoms with Crippen LogP contribution < -0.4 is 0 Å². The van der Waals surface area contributed by atoms with Crippen LogP contribution in [0.3, 0.4) is 0 Å². The number of rotatable bonds is 4. The molecule has 0 amide bonds. The summed E-state index contributed by atoms with van der Waals surface area (Å²) >= 11 is 0. The maximum absolute atomic E-state index is 5.64. The van der Waals surface area contributed by atoms with Gasteiger partial charge in [-0.15, -0.1) is 0 Å². The van der Waals surface area contributed by atoms with Crippen molar-refractivity contribution in [2.24, 2.45) is 0 Å². The first-order valence-corrected chi connectivity index (χ1v) is 26.5. The Kier molecular flexibility index (Phi) is 9.84. The van der Waals surface area contributed by atoms with Crippen LogP contribution in [0.25, 0.3) is 154 Å². The molecule has 78 heavy (non-hydrogen) atoms. The number of hydrogen-bond acceptors (Lipinski definition) is 4. The summed E-state index contributed by atoms with van der Waals surface area (Å²) < 4.78 is 4.64. The second-order valence-corrected chi connectivity index (χ2v) is 20.1. The highest BCUT2D eigenvalue weighted by Crippen LogP contribution is 2.44. The zero-order valence-corrected chi connectivity index (χ0v) is 42.1. The number of hydrogen-bond donors (Lipinski definition) is 0. The summed E-state index contributed by atoms with van der Waals surface area (Å²) in [6.07, 6.45) is 0. The Labute approximate surface area is 447 Å². The number of benzene rings is 12. The largest absolute Gasteiger partial charge is 0.278 e. The topological polar surface area (TPSA) is 61.4 Å². The van der Waals surface area contributed by atoms with Gasteiger partial charge in [0.2, 0.25) is 11.9 Å². The van der Waals surface area contributed by atoms with Crippen molar-refractivity contribution in [1.82, 2.24) is 29.1 Å². The second-order valence-electron chi connectivity index (χ2n) is 20.1. The number of para-hydroxylation sites is 4. The zero-order valence-electron chi connectivity index (χ0n) is 42.1. The van der Waals surface area contributed by atoms with Gasteiger partial charge < -0.3 is 0 Å². The maximum atomic E-state index is 5.64. The quantitative estimate of drug-likeness (QED) is 0.176. The molecular formula is C72H44N6. The van der Waals surface area contributed by atoms with Gasteiger partial charge in [0.05, 0.1) is 44.5 Å². The molecule has 12 aromatic carbocycles. The average molecular weight is 993 g/mol. The minimum absolute atomic E-state index is 0.581. The van der Waals surface area contributed by atoms with Crippen LogP contribution >= 0.6 is 0 Å². The van der Waals surface area contributed by atoms with Crippen LogP contribution in [-0.4, -0.2) is 29.1 Å². The van der Waals surface area contributed by atoms with Gasteiger partial charge in [0.25, 0.3) is 0 Å². The van der Waals surface area contributed by atoms with Gasteiger partial charge in [-0.1, -0.05) is 218 Å². The predicted molar refractivity (Wildman–Crippen MR) is 326 cm³/mol. The molecule has 16 rings (SSSR count). The van der Waals surface area contributed by atoms with Crippen molar-refractivity contribution in [1.29, 1.82) is 0 Å². The molecule has 6 heteroatoms. The summed E-state index contributed by atoms with van der Waals surface area (Å²) in [5, 5.41) is 17.3. The summed E-state index contributed by atoms with van der Waals surface area (Å²) in [6, 6.07) is 95.8. The summed E-state index contributed by atoms with van der Waals surface area (Å²) in [5.74, 6) is 1.16. The first-order valence-electron chi connectivity index (χ1n) is 26.5. The van der Waals surface area contributed by atoms with Gasteiger partial charge in [-0.05, 0) is 102 Å². The third-order valence-electron chi connectivity index (χ3n) is 15.7. The van der Waals surface area contributed by atoms with Crippen LogP contribution in [0.4, 0.5) is 0 Å². The molecule has 4 heterocycles. The van der Waals surface area contributed by atoms with E-state index in [1.807, 2.05) is 0 Å². The van der Waals surface area contributed by atoms with Crippen LogP contribution in [0.1, 0.15) is 0 Å². The molecule has 362 valence electrons. The predicted octanol–water partition coefficient (Wildman–Crippen LogP) is 18.6. The molecular weight excluding hydrogens is 949 g/mol. The van der Waals surface area contributed by atoms with Crippen LogP contribution in [-0.2, 0) is 0 Å². The van der Waals surface area contributed by atoms with Crippen LogP contribution in [0.5, 0.6) is 0 Å². The van der Waals surface area contributed by atoms with Crippen molar-refractivity contribution in [3.05, 3.63) is 267 Å². The summed E-state index contributed by atoms with van der Waals surface area (Å²) in [4.78, 5) is 22.4. The molecule has 0 aliphatic heterocycles. The lowest BCUT2D eigenvalue weighted by Gasteiger charge is -2.16. The molecule has 4 aromatic heterocycles. The molecule has 0 unspecified atom stereocenters. The van der Waals surface area contributed by atoms with Crippen LogP contribution in [0.2, 0.25) is 0 Å². The lowest BCUT2D eigenvalue weighted by Crippen LogP contribution is -2.05. The fourth-order valence-electron chi connectivity index (χ4n) is 12.2. The normalized spacial score (nSPS) is 11.8. The third-order valence-corrected chi connectivity index (χ3v) is 15.7. The molecule has 0 atom stereocenters. The Morgan fingerprint density at radius 3 is 0.962 bits per heavy atom. The van der Waals surface area contributed by atoms with Crippen molar-refractivity contribution in [3.63, 3.8) is 0 Å². The first kappa shape index (κ1) is 43.8. The van der Waals surface area contributed by atoms with E-state index in [2.05, 4.69) is 276 Å². The number of nitrogens with zero attached hydrogens (tertiary/aromatic N) is 6. The molecule has 6 nitrogen and oxygen atoms in total. The summed E-state index contributed by atoms with van der Waals surface area (Å²) in [7, 11) is 0. The van der Waals surface area contributed by atoms with E-state index in [0.717, 1.165) is 142 Å². The van der Waals surface area contributed by atoms with Gasteiger partial charge >= 0.3 is 0 Å². The summed E-state index contributed by atoms with van der Waals surface area (Å²) in [5.41, 5.74) is 9.40. The van der Waals surface area contributed by atoms with Gasteiger partial charge in [-0.2, -0.15) is 0 Å². The van der Waals surface area contributed by atoms with E-state index in [4.69, 9.17) is 19.9 Å². The van der Waals surface area contributed by atoms with E-state index in [9.17, 15) is 0 Å². The molecule has 0 N–H and O–H groups in total. The molecule has 0 aliphatic rings. The molecule has 0 saturated carbocycles. The standard InChI is InChI=1S/C72H44N6/c1-3-21-45(22-4-1)69-57-31-11-15-37-61(57)73-71(75-69)77-63-39-17-13-29-51(63)53-33-19-36-56-60-42-48-26-8-10-28-50(48)44-66(60)78(72-74-62-38-16-12-32-58(62)70(76-72)46-23-5-2-6-24-46)64-40-18-14-30-52(64)54-34-20-35-55(68(54)67(53)56)59-41-47-25-7-9-27-49(47)43-65(59)77/h1-44H. The zero-order chi connectivity index (χ0) is 51.3. The van der Waals surface area contributed by atoms with E-state index in [1.54, 1.807) is 0 Å². The van der Waals surface area contributed by atoms with Crippen molar-refractivity contribution < 1.29 is 0 Å². The van der Waals surface area contributed by atoms with E-state index >= 15 is 0 Å². The second kappa shape index (κ2) is 17.5. The SMILES string of the molecule is c1ccc(-c2nc(-n3c4ccccc4c4cccc5c6cc7ccccc7cc6n(-c6nc(-c7ccccc7)c7ccccc7n6)c6ccccc6c6cccc(c7cc8ccccc8cc73)c6c45)nc3ccccc23)cc1. The van der Waals surface area contributed by atoms with E-state index in [0.29, 0.717) is 11.9 Å². The van der Waals surface area contributed by atoms with E-state index < -0.39 is 0 Å². The Bertz CT molecular complexity index is 4940. The minimum atomic E-state index is 0.581. The highest BCUT2D eigenvalue weighted by molar-refractivity contribution is 6.34. The van der Waals surface area contributed by atoms with Gasteiger partial charge in [0.15, 0.2) is 0 Å². The third kappa shape index (κ3) is 6.83. The van der Waals surface area contributed by atoms with Crippen LogP contribution in [0, 0.1) is 0 Å².